The Morgan fingerprint density at radius 3 is 2.86 bits per heavy atom. The van der Waals surface area contributed by atoms with Crippen LogP contribution in [0.1, 0.15) is 56.9 Å². The Kier molecular flexibility index (Phi) is 3.18. The number of ether oxygens (including phenoxy) is 1. The van der Waals surface area contributed by atoms with Gasteiger partial charge in [-0.3, -0.25) is 4.79 Å². The molecule has 2 bridgehead atoms. The summed E-state index contributed by atoms with van der Waals surface area (Å²) >= 11 is 0. The second-order valence-electron chi connectivity index (χ2n) is 7.37. The first-order chi connectivity index (χ1) is 10.2. The van der Waals surface area contributed by atoms with Crippen LogP contribution in [0.25, 0.3) is 0 Å². The normalized spacial score (nSPS) is 38.3. The van der Waals surface area contributed by atoms with Gasteiger partial charge in [-0.1, -0.05) is 43.2 Å². The zero-order valence-electron chi connectivity index (χ0n) is 12.6. The van der Waals surface area contributed by atoms with Crippen molar-refractivity contribution in [1.29, 1.82) is 0 Å². The molecule has 0 aromatic heterocycles. The van der Waals surface area contributed by atoms with Crippen molar-refractivity contribution < 1.29 is 9.53 Å². The number of fused-ring (bicyclic) bond motifs is 1. The molecule has 2 heteroatoms. The van der Waals surface area contributed by atoms with Crippen LogP contribution in [-0.2, 0) is 16.0 Å². The molecule has 1 aromatic carbocycles. The Bertz CT molecular complexity index is 538. The highest BCUT2D eigenvalue weighted by atomic mass is 16.5. The van der Waals surface area contributed by atoms with Crippen molar-refractivity contribution in [2.75, 3.05) is 0 Å². The summed E-state index contributed by atoms with van der Waals surface area (Å²) in [6, 6.07) is 10.6. The molecule has 0 amide bonds. The van der Waals surface area contributed by atoms with Crippen LogP contribution in [-0.4, -0.2) is 17.0 Å². The number of hydrogen-bond acceptors (Lipinski definition) is 2. The third kappa shape index (κ3) is 2.34. The summed E-state index contributed by atoms with van der Waals surface area (Å²) in [4.78, 5) is 12.3. The molecule has 1 spiro atoms. The number of rotatable bonds is 3. The quantitative estimate of drug-likeness (QED) is 0.836. The van der Waals surface area contributed by atoms with Gasteiger partial charge in [-0.2, -0.15) is 0 Å². The lowest BCUT2D eigenvalue weighted by Crippen LogP contribution is -2.47. The second kappa shape index (κ2) is 4.95. The fourth-order valence-electron chi connectivity index (χ4n) is 5.02. The van der Waals surface area contributed by atoms with Gasteiger partial charge in [-0.05, 0) is 43.6 Å². The van der Waals surface area contributed by atoms with E-state index in [2.05, 4.69) is 30.3 Å². The number of ketones is 1. The molecule has 0 N–H and O–H groups in total. The lowest BCUT2D eigenvalue weighted by Gasteiger charge is -2.43. The molecule has 2 heterocycles. The van der Waals surface area contributed by atoms with E-state index >= 15 is 0 Å². The van der Waals surface area contributed by atoms with Crippen LogP contribution in [0.2, 0.25) is 0 Å². The molecule has 3 fully saturated rings. The highest BCUT2D eigenvalue weighted by molar-refractivity contribution is 5.82. The Morgan fingerprint density at radius 2 is 2.00 bits per heavy atom. The largest absolute Gasteiger partial charge is 0.367 e. The van der Waals surface area contributed by atoms with Gasteiger partial charge >= 0.3 is 0 Å². The molecule has 1 saturated carbocycles. The molecule has 4 rings (SSSR count). The van der Waals surface area contributed by atoms with Crippen molar-refractivity contribution in [3.8, 4) is 0 Å². The third-order valence-electron chi connectivity index (χ3n) is 5.91. The summed E-state index contributed by atoms with van der Waals surface area (Å²) in [5.74, 6) is 1.08. The molecule has 1 aliphatic carbocycles. The van der Waals surface area contributed by atoms with E-state index in [9.17, 15) is 4.79 Å². The van der Waals surface area contributed by atoms with E-state index < -0.39 is 0 Å². The smallest absolute Gasteiger partial charge is 0.138 e. The van der Waals surface area contributed by atoms with Crippen LogP contribution >= 0.6 is 0 Å². The fourth-order valence-corrected chi connectivity index (χ4v) is 5.02. The molecule has 1 unspecified atom stereocenters. The van der Waals surface area contributed by atoms with Crippen LogP contribution in [0, 0.1) is 5.92 Å². The molecule has 3 aliphatic rings. The maximum absolute atomic E-state index is 12.3. The summed E-state index contributed by atoms with van der Waals surface area (Å²) in [5, 5.41) is 0. The summed E-state index contributed by atoms with van der Waals surface area (Å²) in [7, 11) is 0. The van der Waals surface area contributed by atoms with E-state index in [4.69, 9.17) is 4.74 Å². The Hall–Kier alpha value is -1.15. The first kappa shape index (κ1) is 13.5. The maximum atomic E-state index is 12.3. The molecule has 2 aliphatic heterocycles. The van der Waals surface area contributed by atoms with Gasteiger partial charge in [-0.15, -0.1) is 0 Å². The first-order valence-corrected chi connectivity index (χ1v) is 8.46. The maximum Gasteiger partial charge on any atom is 0.138 e. The van der Waals surface area contributed by atoms with Crippen molar-refractivity contribution >= 4 is 5.78 Å². The molecule has 112 valence electrons. The Labute approximate surface area is 126 Å². The molecule has 3 atom stereocenters. The number of carbonyl (C=O) groups is 1. The molecule has 0 radical (unpaired) electrons. The van der Waals surface area contributed by atoms with Gasteiger partial charge < -0.3 is 4.74 Å². The Balaban J connectivity index is 1.54. The average molecular weight is 284 g/mol. The molecular weight excluding hydrogens is 260 g/mol. The van der Waals surface area contributed by atoms with E-state index in [-0.39, 0.29) is 11.2 Å². The molecule has 21 heavy (non-hydrogen) atoms. The number of benzene rings is 1. The number of carbonyl (C=O) groups excluding carboxylic acids is 1. The summed E-state index contributed by atoms with van der Waals surface area (Å²) in [5.41, 5.74) is 1.13. The summed E-state index contributed by atoms with van der Waals surface area (Å²) in [6.07, 6.45) is 9.40. The van der Waals surface area contributed by atoms with Crippen LogP contribution in [0.15, 0.2) is 30.3 Å². The lowest BCUT2D eigenvalue weighted by atomic mass is 9.73. The third-order valence-corrected chi connectivity index (χ3v) is 5.91. The summed E-state index contributed by atoms with van der Waals surface area (Å²) < 4.78 is 6.65. The SMILES string of the molecule is O=C1C[C@]2(CCc3ccccc3)CC3CCCC[C@@]3(C1)O2. The second-order valence-corrected chi connectivity index (χ2v) is 7.37. The van der Waals surface area contributed by atoms with Crippen LogP contribution < -0.4 is 0 Å². The molecule has 2 nitrogen and oxygen atoms in total. The monoisotopic (exact) mass is 284 g/mol. The van der Waals surface area contributed by atoms with Crippen LogP contribution in [0.3, 0.4) is 0 Å². The minimum Gasteiger partial charge on any atom is -0.367 e. The lowest BCUT2D eigenvalue weighted by molar-refractivity contribution is -0.171. The number of hydrogen-bond donors (Lipinski definition) is 0. The average Bonchev–Trinajstić information content (AvgIpc) is 2.73. The van der Waals surface area contributed by atoms with Gasteiger partial charge in [0.2, 0.25) is 0 Å². The van der Waals surface area contributed by atoms with Crippen molar-refractivity contribution in [3.05, 3.63) is 35.9 Å². The van der Waals surface area contributed by atoms with E-state index in [1.807, 2.05) is 0 Å². The van der Waals surface area contributed by atoms with Gasteiger partial charge in [0.15, 0.2) is 0 Å². The highest BCUT2D eigenvalue weighted by Gasteiger charge is 2.60. The predicted octanol–water partition coefficient (Wildman–Crippen LogP) is 4.07. The summed E-state index contributed by atoms with van der Waals surface area (Å²) in [6.45, 7) is 0. The zero-order chi connectivity index (χ0) is 14.3. The van der Waals surface area contributed by atoms with Crippen molar-refractivity contribution in [2.45, 2.75) is 69.0 Å². The number of Topliss-reactive ketones (excluding diaryl/α,β-unsaturated/α-hetero) is 1. The van der Waals surface area contributed by atoms with Crippen LogP contribution in [0.5, 0.6) is 0 Å². The molecule has 2 saturated heterocycles. The van der Waals surface area contributed by atoms with Gasteiger partial charge in [0.25, 0.3) is 0 Å². The van der Waals surface area contributed by atoms with E-state index in [0.29, 0.717) is 24.5 Å². The van der Waals surface area contributed by atoms with E-state index in [0.717, 1.165) is 25.7 Å². The topological polar surface area (TPSA) is 26.3 Å². The molecule has 1 aromatic rings. The van der Waals surface area contributed by atoms with Gasteiger partial charge in [-0.25, -0.2) is 0 Å². The molecular formula is C19H24O2. The predicted molar refractivity (Wildman–Crippen MR) is 82.1 cm³/mol. The minimum atomic E-state index is -0.153. The van der Waals surface area contributed by atoms with Gasteiger partial charge in [0, 0.05) is 12.8 Å². The van der Waals surface area contributed by atoms with Crippen molar-refractivity contribution in [3.63, 3.8) is 0 Å². The van der Waals surface area contributed by atoms with Gasteiger partial charge in [0.05, 0.1) is 11.2 Å². The van der Waals surface area contributed by atoms with Crippen molar-refractivity contribution in [1.82, 2.24) is 0 Å². The fraction of sp³-hybridized carbons (Fsp3) is 0.632. The van der Waals surface area contributed by atoms with Crippen molar-refractivity contribution in [2.24, 2.45) is 5.92 Å². The van der Waals surface area contributed by atoms with Crippen LogP contribution in [0.4, 0.5) is 0 Å². The van der Waals surface area contributed by atoms with E-state index in [1.54, 1.807) is 0 Å². The van der Waals surface area contributed by atoms with E-state index in [1.165, 1.54) is 24.8 Å². The standard InChI is InChI=1S/C19H24O2/c20-17-13-18(11-9-15-6-2-1-3-7-15)12-16-8-4-5-10-19(16,14-17)21-18/h1-3,6-7,16H,4-5,8-14H2/t16?,18-,19-/m0/s1. The van der Waals surface area contributed by atoms with Gasteiger partial charge in [0.1, 0.15) is 5.78 Å². The zero-order valence-corrected chi connectivity index (χ0v) is 12.6. The Morgan fingerprint density at radius 1 is 1.14 bits per heavy atom. The highest BCUT2D eigenvalue weighted by Crippen LogP contribution is 2.57. The minimum absolute atomic E-state index is 0.0791. The first-order valence-electron chi connectivity index (χ1n) is 8.46. The number of aryl methyl sites for hydroxylation is 1.